The Labute approximate surface area is 127 Å². The number of nitrogens with zero attached hydrogens (tertiary/aromatic N) is 1. The van der Waals surface area contributed by atoms with E-state index in [1.54, 1.807) is 0 Å². The Balaban J connectivity index is 1.86. The molecule has 1 aromatic heterocycles. The van der Waals surface area contributed by atoms with Gasteiger partial charge in [0.25, 0.3) is 5.56 Å². The number of halogens is 3. The molecule has 0 radical (unpaired) electrons. The summed E-state index contributed by atoms with van der Waals surface area (Å²) in [6, 6.07) is 0.377. The zero-order chi connectivity index (χ0) is 16.2. The molecule has 1 aliphatic rings. The van der Waals surface area contributed by atoms with Gasteiger partial charge >= 0.3 is 6.18 Å². The van der Waals surface area contributed by atoms with Gasteiger partial charge in [-0.3, -0.25) is 9.59 Å². The van der Waals surface area contributed by atoms with E-state index >= 15 is 0 Å². The fourth-order valence-electron chi connectivity index (χ4n) is 1.87. The minimum absolute atomic E-state index is 0.0135. The molecule has 0 bridgehead atoms. The topological polar surface area (TPSA) is 84.1 Å². The molecule has 1 aliphatic heterocycles. The molecule has 0 unspecified atom stereocenters. The van der Waals surface area contributed by atoms with E-state index in [2.05, 4.69) is 15.3 Å². The van der Waals surface area contributed by atoms with E-state index in [9.17, 15) is 22.8 Å². The van der Waals surface area contributed by atoms with Crippen LogP contribution < -0.4 is 10.9 Å². The van der Waals surface area contributed by atoms with Gasteiger partial charge in [0, 0.05) is 19.2 Å². The highest BCUT2D eigenvalue weighted by Crippen LogP contribution is 2.27. The summed E-state index contributed by atoms with van der Waals surface area (Å²) in [6.45, 7) is 1.04. The number of hydrogen-bond acceptors (Lipinski definition) is 5. The molecule has 1 fully saturated rings. The molecule has 1 amide bonds. The molecule has 1 aromatic rings. The zero-order valence-electron chi connectivity index (χ0n) is 11.4. The summed E-state index contributed by atoms with van der Waals surface area (Å²) in [6.07, 6.45) is -2.90. The Morgan fingerprint density at radius 1 is 1.55 bits per heavy atom. The van der Waals surface area contributed by atoms with Crippen LogP contribution in [0.4, 0.5) is 13.2 Å². The van der Waals surface area contributed by atoms with Gasteiger partial charge in [0.05, 0.1) is 11.9 Å². The van der Waals surface area contributed by atoms with Gasteiger partial charge in [-0.25, -0.2) is 4.98 Å². The highest BCUT2D eigenvalue weighted by Gasteiger charge is 2.33. The van der Waals surface area contributed by atoms with Crippen LogP contribution >= 0.6 is 11.8 Å². The van der Waals surface area contributed by atoms with Crippen LogP contribution in [-0.4, -0.2) is 40.9 Å². The third-order valence-corrected chi connectivity index (χ3v) is 3.77. The van der Waals surface area contributed by atoms with Crippen LogP contribution in [0.15, 0.2) is 16.0 Å². The number of rotatable bonds is 5. The smallest absolute Gasteiger partial charge is 0.376 e. The van der Waals surface area contributed by atoms with Gasteiger partial charge in [-0.2, -0.15) is 13.2 Å². The molecule has 6 nitrogen and oxygen atoms in total. The van der Waals surface area contributed by atoms with E-state index in [-0.39, 0.29) is 22.9 Å². The highest BCUT2D eigenvalue weighted by atomic mass is 32.2. The number of nitrogens with one attached hydrogen (secondary N) is 2. The summed E-state index contributed by atoms with van der Waals surface area (Å²) in [5.74, 6) is -0.502. The maximum Gasteiger partial charge on any atom is 0.433 e. The Kier molecular flexibility index (Phi) is 5.46. The number of amides is 1. The quantitative estimate of drug-likeness (QED) is 0.623. The number of hydrogen-bond donors (Lipinski definition) is 2. The average Bonchev–Trinajstić information content (AvgIpc) is 2.94. The van der Waals surface area contributed by atoms with E-state index < -0.39 is 17.4 Å². The van der Waals surface area contributed by atoms with Gasteiger partial charge in [-0.15, -0.1) is 0 Å². The molecule has 0 aromatic carbocycles. The summed E-state index contributed by atoms with van der Waals surface area (Å²) < 4.78 is 42.9. The normalized spacial score (nSPS) is 18.4. The first-order valence-electron chi connectivity index (χ1n) is 6.54. The first-order valence-corrected chi connectivity index (χ1v) is 7.53. The van der Waals surface area contributed by atoms with Crippen molar-refractivity contribution in [2.45, 2.75) is 30.3 Å². The van der Waals surface area contributed by atoms with Crippen LogP contribution in [0, 0.1) is 0 Å². The molecule has 0 spiro atoms. The van der Waals surface area contributed by atoms with Gasteiger partial charge in [0.15, 0.2) is 10.9 Å². The molecule has 0 aliphatic carbocycles. The predicted molar refractivity (Wildman–Crippen MR) is 72.6 cm³/mol. The molecule has 2 heterocycles. The molecule has 2 N–H and O–H groups in total. The number of thioether (sulfide) groups is 1. The van der Waals surface area contributed by atoms with Crippen LogP contribution in [0.3, 0.4) is 0 Å². The van der Waals surface area contributed by atoms with E-state index in [1.807, 2.05) is 0 Å². The number of alkyl halides is 3. The van der Waals surface area contributed by atoms with E-state index in [4.69, 9.17) is 4.74 Å². The average molecular weight is 337 g/mol. The number of carbonyl (C=O) groups excluding carboxylic acids is 1. The number of carbonyl (C=O) groups is 1. The second-order valence-corrected chi connectivity index (χ2v) is 5.63. The zero-order valence-corrected chi connectivity index (χ0v) is 12.2. The highest BCUT2D eigenvalue weighted by molar-refractivity contribution is 7.99. The van der Waals surface area contributed by atoms with Crippen LogP contribution in [0.1, 0.15) is 18.5 Å². The molecule has 0 saturated carbocycles. The SMILES string of the molecule is O=C(CSc1nc(C(F)(F)F)cc(=O)[nH]1)NC[C@@H]1CCCO1. The second kappa shape index (κ2) is 7.14. The van der Waals surface area contributed by atoms with Crippen molar-refractivity contribution in [3.8, 4) is 0 Å². The van der Waals surface area contributed by atoms with Crippen molar-refractivity contribution in [2.24, 2.45) is 0 Å². The third kappa shape index (κ3) is 5.02. The maximum atomic E-state index is 12.5. The van der Waals surface area contributed by atoms with Crippen LogP contribution in [0.2, 0.25) is 0 Å². The fraction of sp³-hybridized carbons (Fsp3) is 0.583. The summed E-state index contributed by atoms with van der Waals surface area (Å²) in [5.41, 5.74) is -2.19. The number of aromatic amines is 1. The summed E-state index contributed by atoms with van der Waals surface area (Å²) in [5, 5.41) is 2.38. The van der Waals surface area contributed by atoms with Crippen molar-refractivity contribution in [3.63, 3.8) is 0 Å². The third-order valence-electron chi connectivity index (χ3n) is 2.90. The van der Waals surface area contributed by atoms with Crippen LogP contribution in [-0.2, 0) is 15.7 Å². The Morgan fingerprint density at radius 2 is 2.32 bits per heavy atom. The Bertz CT molecular complexity index is 585. The summed E-state index contributed by atoms with van der Waals surface area (Å²) >= 11 is 0.736. The molecule has 122 valence electrons. The van der Waals surface area contributed by atoms with Crippen molar-refractivity contribution in [3.05, 3.63) is 22.1 Å². The van der Waals surface area contributed by atoms with E-state index in [0.717, 1.165) is 24.6 Å². The lowest BCUT2D eigenvalue weighted by Crippen LogP contribution is -2.33. The van der Waals surface area contributed by atoms with Crippen LogP contribution in [0.5, 0.6) is 0 Å². The monoisotopic (exact) mass is 337 g/mol. The lowest BCUT2D eigenvalue weighted by Gasteiger charge is -2.10. The summed E-state index contributed by atoms with van der Waals surface area (Å²) in [7, 11) is 0. The van der Waals surface area contributed by atoms with Crippen LogP contribution in [0.25, 0.3) is 0 Å². The van der Waals surface area contributed by atoms with E-state index in [0.29, 0.717) is 19.2 Å². The van der Waals surface area contributed by atoms with Gasteiger partial charge in [0.2, 0.25) is 5.91 Å². The van der Waals surface area contributed by atoms with Gasteiger partial charge in [0.1, 0.15) is 0 Å². The fourth-order valence-corrected chi connectivity index (χ4v) is 2.57. The predicted octanol–water partition coefficient (Wildman–Crippen LogP) is 1.18. The number of aromatic nitrogens is 2. The molecule has 1 saturated heterocycles. The molecule has 10 heteroatoms. The molecule has 22 heavy (non-hydrogen) atoms. The lowest BCUT2D eigenvalue weighted by molar-refractivity contribution is -0.141. The summed E-state index contributed by atoms with van der Waals surface area (Å²) in [4.78, 5) is 28.2. The van der Waals surface area contributed by atoms with Crippen molar-refractivity contribution in [1.82, 2.24) is 15.3 Å². The molecule has 1 atom stereocenters. The number of ether oxygens (including phenoxy) is 1. The molecule has 2 rings (SSSR count). The minimum Gasteiger partial charge on any atom is -0.376 e. The number of H-pyrrole nitrogens is 1. The van der Waals surface area contributed by atoms with Crippen molar-refractivity contribution in [1.29, 1.82) is 0 Å². The first-order chi connectivity index (χ1) is 10.3. The Morgan fingerprint density at radius 3 is 2.95 bits per heavy atom. The van der Waals surface area contributed by atoms with Gasteiger partial charge < -0.3 is 15.0 Å². The largest absolute Gasteiger partial charge is 0.433 e. The van der Waals surface area contributed by atoms with Crippen molar-refractivity contribution >= 4 is 17.7 Å². The minimum atomic E-state index is -4.70. The van der Waals surface area contributed by atoms with Gasteiger partial charge in [-0.05, 0) is 12.8 Å². The first kappa shape index (κ1) is 16.8. The second-order valence-electron chi connectivity index (χ2n) is 4.66. The molecular formula is C12H14F3N3O3S. The van der Waals surface area contributed by atoms with Crippen molar-refractivity contribution in [2.75, 3.05) is 18.9 Å². The molecular weight excluding hydrogens is 323 g/mol. The lowest BCUT2D eigenvalue weighted by atomic mass is 10.2. The van der Waals surface area contributed by atoms with E-state index in [1.165, 1.54) is 0 Å². The Hall–Kier alpha value is -1.55. The van der Waals surface area contributed by atoms with Crippen molar-refractivity contribution < 1.29 is 22.7 Å². The standard InChI is InChI=1S/C12H14F3N3O3S/c13-12(14,15)8-4-9(19)18-11(17-8)22-6-10(20)16-5-7-2-1-3-21-7/h4,7H,1-3,5-6H2,(H,16,20)(H,17,18,19)/t7-/m0/s1. The maximum absolute atomic E-state index is 12.5. The van der Waals surface area contributed by atoms with Gasteiger partial charge in [-0.1, -0.05) is 11.8 Å².